The molecule has 72 valence electrons. The van der Waals surface area contributed by atoms with Gasteiger partial charge in [-0.25, -0.2) is 0 Å². The maximum atomic E-state index is 5.58. The van der Waals surface area contributed by atoms with E-state index in [1.54, 1.807) is 0 Å². The van der Waals surface area contributed by atoms with Crippen molar-refractivity contribution in [2.45, 2.75) is 25.6 Å². The Labute approximate surface area is 76.5 Å². The van der Waals surface area contributed by atoms with Gasteiger partial charge >= 0.3 is 0 Å². The van der Waals surface area contributed by atoms with Gasteiger partial charge < -0.3 is 14.6 Å². The Morgan fingerprint density at radius 2 is 2.69 bits per heavy atom. The van der Waals surface area contributed by atoms with Gasteiger partial charge in [0.1, 0.15) is 6.61 Å². The monoisotopic (exact) mass is 183 g/mol. The third kappa shape index (κ3) is 2.50. The minimum absolute atomic E-state index is 0.298. The van der Waals surface area contributed by atoms with Crippen LogP contribution in [0, 0.1) is 0 Å². The largest absolute Gasteiger partial charge is 0.369 e. The van der Waals surface area contributed by atoms with E-state index < -0.39 is 0 Å². The quantitative estimate of drug-likeness (QED) is 0.732. The van der Waals surface area contributed by atoms with Crippen molar-refractivity contribution in [3.05, 3.63) is 12.2 Å². The maximum Gasteiger partial charge on any atom is 0.213 e. The van der Waals surface area contributed by atoms with Crippen molar-refractivity contribution in [3.8, 4) is 0 Å². The Morgan fingerprint density at radius 3 is 3.38 bits per heavy atom. The zero-order valence-corrected chi connectivity index (χ0v) is 7.40. The summed E-state index contributed by atoms with van der Waals surface area (Å²) < 4.78 is 10.2. The number of hydrogen-bond acceptors (Lipinski definition) is 5. The fourth-order valence-corrected chi connectivity index (χ4v) is 1.41. The van der Waals surface area contributed by atoms with Crippen molar-refractivity contribution in [1.82, 2.24) is 15.5 Å². The summed E-state index contributed by atoms with van der Waals surface area (Å²) in [6.45, 7) is 2.47. The van der Waals surface area contributed by atoms with E-state index in [4.69, 9.17) is 4.74 Å². The van der Waals surface area contributed by atoms with Gasteiger partial charge in [0.2, 0.25) is 6.39 Å². The van der Waals surface area contributed by atoms with Crippen LogP contribution in [-0.2, 0) is 11.3 Å². The number of ether oxygens (including phenoxy) is 1. The van der Waals surface area contributed by atoms with E-state index in [0.717, 1.165) is 19.5 Å². The normalized spacial score (nSPS) is 23.2. The van der Waals surface area contributed by atoms with E-state index in [-0.39, 0.29) is 0 Å². The summed E-state index contributed by atoms with van der Waals surface area (Å²) in [5.41, 5.74) is 0. The van der Waals surface area contributed by atoms with Crippen LogP contribution in [0.15, 0.2) is 10.9 Å². The van der Waals surface area contributed by atoms with Crippen LogP contribution < -0.4 is 5.32 Å². The summed E-state index contributed by atoms with van der Waals surface area (Å²) in [6.07, 6.45) is 3.91. The van der Waals surface area contributed by atoms with Gasteiger partial charge in [-0.05, 0) is 19.4 Å². The molecule has 1 saturated heterocycles. The lowest BCUT2D eigenvalue weighted by atomic mass is 10.1. The highest BCUT2D eigenvalue weighted by Crippen LogP contribution is 2.07. The Kier molecular flexibility index (Phi) is 2.89. The second-order valence-electron chi connectivity index (χ2n) is 3.13. The number of nitrogens with zero attached hydrogens (tertiary/aromatic N) is 2. The van der Waals surface area contributed by atoms with Crippen LogP contribution in [0.4, 0.5) is 0 Å². The molecule has 0 saturated carbocycles. The van der Waals surface area contributed by atoms with Gasteiger partial charge in [-0.2, -0.15) is 4.98 Å². The lowest BCUT2D eigenvalue weighted by Gasteiger charge is -2.22. The highest BCUT2D eigenvalue weighted by atomic mass is 16.5. The molecule has 1 atom stereocenters. The zero-order chi connectivity index (χ0) is 8.93. The van der Waals surface area contributed by atoms with Crippen molar-refractivity contribution >= 4 is 0 Å². The average molecular weight is 183 g/mol. The van der Waals surface area contributed by atoms with E-state index in [0.29, 0.717) is 18.5 Å². The van der Waals surface area contributed by atoms with Crippen molar-refractivity contribution in [3.63, 3.8) is 0 Å². The van der Waals surface area contributed by atoms with Gasteiger partial charge in [0.15, 0.2) is 5.82 Å². The van der Waals surface area contributed by atoms with Gasteiger partial charge in [0.25, 0.3) is 0 Å². The fraction of sp³-hybridized carbons (Fsp3) is 0.750. The molecule has 1 aromatic rings. The molecule has 0 amide bonds. The molecular formula is C8H13N3O2. The number of rotatable bonds is 3. The molecule has 2 rings (SSSR count). The third-order valence-electron chi connectivity index (χ3n) is 2.11. The lowest BCUT2D eigenvalue weighted by molar-refractivity contribution is 0.0210. The molecule has 1 aromatic heterocycles. The summed E-state index contributed by atoms with van der Waals surface area (Å²) in [6, 6.07) is 0. The number of hydrogen-bond donors (Lipinski definition) is 1. The molecule has 0 radical (unpaired) electrons. The number of piperidine rings is 1. The smallest absolute Gasteiger partial charge is 0.213 e. The van der Waals surface area contributed by atoms with Crippen LogP contribution in [0.25, 0.3) is 0 Å². The standard InChI is InChI=1S/C8H13N3O2/c1-2-7(4-9-3-1)12-5-8-10-6-13-11-8/h6-7,9H,1-5H2. The van der Waals surface area contributed by atoms with Crippen molar-refractivity contribution in [1.29, 1.82) is 0 Å². The Balaban J connectivity index is 1.72. The molecule has 2 heterocycles. The van der Waals surface area contributed by atoms with E-state index in [9.17, 15) is 0 Å². The average Bonchev–Trinajstić information content (AvgIpc) is 2.69. The minimum atomic E-state index is 0.298. The van der Waals surface area contributed by atoms with Crippen molar-refractivity contribution in [2.24, 2.45) is 0 Å². The van der Waals surface area contributed by atoms with E-state index >= 15 is 0 Å². The fourth-order valence-electron chi connectivity index (χ4n) is 1.41. The van der Waals surface area contributed by atoms with Gasteiger partial charge in [-0.15, -0.1) is 0 Å². The molecule has 1 aliphatic heterocycles. The van der Waals surface area contributed by atoms with Crippen molar-refractivity contribution < 1.29 is 9.26 Å². The van der Waals surface area contributed by atoms with Crippen LogP contribution in [0.5, 0.6) is 0 Å². The minimum Gasteiger partial charge on any atom is -0.369 e. The van der Waals surface area contributed by atoms with Gasteiger partial charge in [0.05, 0.1) is 6.10 Å². The molecule has 1 N–H and O–H groups in total. The van der Waals surface area contributed by atoms with E-state index in [2.05, 4.69) is 20.0 Å². The molecule has 1 fully saturated rings. The summed E-state index contributed by atoms with van der Waals surface area (Å²) in [5.74, 6) is 0.616. The zero-order valence-electron chi connectivity index (χ0n) is 7.40. The first-order valence-electron chi connectivity index (χ1n) is 4.53. The first-order chi connectivity index (χ1) is 6.45. The van der Waals surface area contributed by atoms with Gasteiger partial charge in [0, 0.05) is 6.54 Å². The van der Waals surface area contributed by atoms with Gasteiger partial charge in [-0.1, -0.05) is 5.16 Å². The van der Waals surface area contributed by atoms with Crippen LogP contribution in [0.1, 0.15) is 18.7 Å². The topological polar surface area (TPSA) is 60.2 Å². The van der Waals surface area contributed by atoms with Crippen LogP contribution in [0.2, 0.25) is 0 Å². The second-order valence-corrected chi connectivity index (χ2v) is 3.13. The first kappa shape index (κ1) is 8.65. The van der Waals surface area contributed by atoms with Crippen LogP contribution >= 0.6 is 0 Å². The van der Waals surface area contributed by atoms with Crippen LogP contribution in [0.3, 0.4) is 0 Å². The molecule has 0 aliphatic carbocycles. The summed E-state index contributed by atoms with van der Waals surface area (Å²) in [4.78, 5) is 3.88. The lowest BCUT2D eigenvalue weighted by Crippen LogP contribution is -2.35. The second kappa shape index (κ2) is 4.34. The molecule has 5 heteroatoms. The molecular weight excluding hydrogens is 170 g/mol. The Bertz CT molecular complexity index is 232. The van der Waals surface area contributed by atoms with E-state index in [1.165, 1.54) is 12.8 Å². The highest BCUT2D eigenvalue weighted by Gasteiger charge is 2.13. The predicted molar refractivity (Wildman–Crippen MR) is 45.0 cm³/mol. The molecule has 0 bridgehead atoms. The number of nitrogens with one attached hydrogen (secondary N) is 1. The first-order valence-corrected chi connectivity index (χ1v) is 4.53. The highest BCUT2D eigenvalue weighted by molar-refractivity contribution is 4.75. The molecule has 0 aromatic carbocycles. The molecule has 1 aliphatic rings. The third-order valence-corrected chi connectivity index (χ3v) is 2.11. The maximum absolute atomic E-state index is 5.58. The van der Waals surface area contributed by atoms with E-state index in [1.807, 2.05) is 0 Å². The molecule has 1 unspecified atom stereocenters. The van der Waals surface area contributed by atoms with Gasteiger partial charge in [-0.3, -0.25) is 0 Å². The summed E-state index contributed by atoms with van der Waals surface area (Å²) >= 11 is 0. The SMILES string of the molecule is c1nc(COC2CCCNC2)no1. The summed E-state index contributed by atoms with van der Waals surface area (Å²) in [5, 5.41) is 6.94. The number of aromatic nitrogens is 2. The Hall–Kier alpha value is -0.940. The molecule has 13 heavy (non-hydrogen) atoms. The predicted octanol–water partition coefficient (Wildman–Crippen LogP) is 0.338. The molecule has 0 spiro atoms. The summed E-state index contributed by atoms with van der Waals surface area (Å²) in [7, 11) is 0. The Morgan fingerprint density at radius 1 is 1.69 bits per heavy atom. The van der Waals surface area contributed by atoms with Crippen LogP contribution in [-0.4, -0.2) is 29.3 Å². The molecule has 5 nitrogen and oxygen atoms in total. The van der Waals surface area contributed by atoms with Crippen molar-refractivity contribution in [2.75, 3.05) is 13.1 Å².